The molecule has 2 aromatic carbocycles. The molecule has 1 saturated carbocycles. The van der Waals surface area contributed by atoms with E-state index in [0.717, 1.165) is 5.92 Å². The van der Waals surface area contributed by atoms with E-state index in [1.54, 1.807) is 0 Å². The molecule has 0 amide bonds. The summed E-state index contributed by atoms with van der Waals surface area (Å²) in [5.41, 5.74) is 1.41. The highest BCUT2D eigenvalue weighted by Crippen LogP contribution is 2.26. The van der Waals surface area contributed by atoms with Crippen LogP contribution in [0.15, 0.2) is 42.5 Å². The maximum Gasteiger partial charge on any atom is 0.0294 e. The average Bonchev–Trinajstić information content (AvgIpc) is 2.72. The van der Waals surface area contributed by atoms with Crippen molar-refractivity contribution in [3.05, 3.63) is 48.0 Å². The Morgan fingerprint density at radius 1 is 0.952 bits per heavy atom. The molecular weight excluding hydrogens is 254 g/mol. The van der Waals surface area contributed by atoms with E-state index in [2.05, 4.69) is 61.6 Å². The highest BCUT2D eigenvalue weighted by atomic mass is 14.9. The standard InChI is InChI=1S/C20H27N/c1-15-8-4-3-5-11-20(15)21-16(2)18-13-12-17-9-6-7-10-19(17)14-18/h6-7,9-10,12-16,20-21H,3-5,8,11H2,1-2H3. The van der Waals surface area contributed by atoms with Gasteiger partial charge in [0.05, 0.1) is 0 Å². The highest BCUT2D eigenvalue weighted by Gasteiger charge is 2.21. The average molecular weight is 281 g/mol. The van der Waals surface area contributed by atoms with Crippen LogP contribution in [0.25, 0.3) is 10.8 Å². The molecule has 1 aliphatic rings. The maximum absolute atomic E-state index is 3.89. The lowest BCUT2D eigenvalue weighted by atomic mass is 9.95. The van der Waals surface area contributed by atoms with Gasteiger partial charge in [-0.25, -0.2) is 0 Å². The molecule has 1 aliphatic carbocycles. The van der Waals surface area contributed by atoms with Gasteiger partial charge in [0.1, 0.15) is 0 Å². The van der Waals surface area contributed by atoms with Crippen LogP contribution < -0.4 is 5.32 Å². The van der Waals surface area contributed by atoms with E-state index in [-0.39, 0.29) is 0 Å². The molecule has 0 radical (unpaired) electrons. The largest absolute Gasteiger partial charge is 0.307 e. The SMILES string of the molecule is CC(NC1CCCCCC1C)c1ccc2ccccc2c1. The number of rotatable bonds is 3. The van der Waals surface area contributed by atoms with Crippen LogP contribution in [0.2, 0.25) is 0 Å². The van der Waals surface area contributed by atoms with Gasteiger partial charge in [0, 0.05) is 12.1 Å². The molecule has 3 unspecified atom stereocenters. The van der Waals surface area contributed by atoms with Crippen LogP contribution in [0.3, 0.4) is 0 Å². The first kappa shape index (κ1) is 14.6. The summed E-state index contributed by atoms with van der Waals surface area (Å²) in [6, 6.07) is 16.6. The van der Waals surface area contributed by atoms with Crippen molar-refractivity contribution >= 4 is 10.8 Å². The van der Waals surface area contributed by atoms with Crippen molar-refractivity contribution < 1.29 is 0 Å². The number of hydrogen-bond donors (Lipinski definition) is 1. The summed E-state index contributed by atoms with van der Waals surface area (Å²) in [5.74, 6) is 0.801. The normalized spacial score (nSPS) is 24.7. The first-order valence-corrected chi connectivity index (χ1v) is 8.49. The van der Waals surface area contributed by atoms with Gasteiger partial charge in [-0.15, -0.1) is 0 Å². The van der Waals surface area contributed by atoms with E-state index < -0.39 is 0 Å². The van der Waals surface area contributed by atoms with Gasteiger partial charge in [0.15, 0.2) is 0 Å². The molecule has 3 atom stereocenters. The Morgan fingerprint density at radius 3 is 2.57 bits per heavy atom. The van der Waals surface area contributed by atoms with Gasteiger partial charge in [-0.1, -0.05) is 62.6 Å². The molecule has 0 saturated heterocycles. The van der Waals surface area contributed by atoms with Crippen molar-refractivity contribution in [3.63, 3.8) is 0 Å². The predicted molar refractivity (Wildman–Crippen MR) is 91.5 cm³/mol. The Hall–Kier alpha value is -1.34. The van der Waals surface area contributed by atoms with E-state index in [0.29, 0.717) is 12.1 Å². The second kappa shape index (κ2) is 6.62. The molecule has 1 N–H and O–H groups in total. The van der Waals surface area contributed by atoms with Crippen molar-refractivity contribution in [3.8, 4) is 0 Å². The minimum atomic E-state index is 0.431. The van der Waals surface area contributed by atoms with Gasteiger partial charge in [-0.3, -0.25) is 0 Å². The molecule has 0 bridgehead atoms. The van der Waals surface area contributed by atoms with Crippen molar-refractivity contribution in [2.75, 3.05) is 0 Å². The Morgan fingerprint density at radius 2 is 1.71 bits per heavy atom. The summed E-state index contributed by atoms with van der Waals surface area (Å²) in [6.45, 7) is 4.72. The zero-order valence-electron chi connectivity index (χ0n) is 13.3. The van der Waals surface area contributed by atoms with E-state index in [4.69, 9.17) is 0 Å². The summed E-state index contributed by atoms with van der Waals surface area (Å²) in [4.78, 5) is 0. The fourth-order valence-corrected chi connectivity index (χ4v) is 3.64. The molecular formula is C20H27N. The molecule has 1 fully saturated rings. The Balaban J connectivity index is 1.75. The Kier molecular flexibility index (Phi) is 4.60. The van der Waals surface area contributed by atoms with Crippen LogP contribution in [0.4, 0.5) is 0 Å². The van der Waals surface area contributed by atoms with Gasteiger partial charge in [0.2, 0.25) is 0 Å². The number of hydrogen-bond acceptors (Lipinski definition) is 1. The Labute approximate surface area is 128 Å². The first-order valence-electron chi connectivity index (χ1n) is 8.49. The lowest BCUT2D eigenvalue weighted by Gasteiger charge is -2.27. The molecule has 2 aromatic rings. The summed E-state index contributed by atoms with van der Waals surface area (Å²) in [7, 11) is 0. The zero-order chi connectivity index (χ0) is 14.7. The van der Waals surface area contributed by atoms with Crippen LogP contribution in [0, 0.1) is 5.92 Å². The smallest absolute Gasteiger partial charge is 0.0294 e. The van der Waals surface area contributed by atoms with Crippen molar-refractivity contribution in [2.24, 2.45) is 5.92 Å². The van der Waals surface area contributed by atoms with E-state index in [1.807, 2.05) is 0 Å². The third-order valence-electron chi connectivity index (χ3n) is 5.10. The van der Waals surface area contributed by atoms with Crippen molar-refractivity contribution in [1.82, 2.24) is 5.32 Å². The summed E-state index contributed by atoms with van der Waals surface area (Å²) in [6.07, 6.45) is 6.91. The van der Waals surface area contributed by atoms with Crippen molar-refractivity contribution in [2.45, 2.75) is 58.0 Å². The van der Waals surface area contributed by atoms with Gasteiger partial charge in [-0.05, 0) is 48.1 Å². The second-order valence-corrected chi connectivity index (χ2v) is 6.72. The summed E-state index contributed by atoms with van der Waals surface area (Å²) < 4.78 is 0. The van der Waals surface area contributed by atoms with Gasteiger partial charge >= 0.3 is 0 Å². The minimum Gasteiger partial charge on any atom is -0.307 e. The fourth-order valence-electron chi connectivity index (χ4n) is 3.64. The molecule has 0 aromatic heterocycles. The Bertz CT molecular complexity index is 589. The second-order valence-electron chi connectivity index (χ2n) is 6.72. The molecule has 0 aliphatic heterocycles. The van der Waals surface area contributed by atoms with Gasteiger partial charge in [0.25, 0.3) is 0 Å². The lowest BCUT2D eigenvalue weighted by Crippen LogP contribution is -2.36. The van der Waals surface area contributed by atoms with E-state index in [1.165, 1.54) is 48.4 Å². The van der Waals surface area contributed by atoms with Crippen LogP contribution in [0.1, 0.15) is 57.6 Å². The molecule has 1 heteroatoms. The first-order chi connectivity index (χ1) is 10.2. The molecule has 112 valence electrons. The quantitative estimate of drug-likeness (QED) is 0.737. The minimum absolute atomic E-state index is 0.431. The molecule has 0 spiro atoms. The molecule has 21 heavy (non-hydrogen) atoms. The van der Waals surface area contributed by atoms with E-state index in [9.17, 15) is 0 Å². The molecule has 1 nitrogen and oxygen atoms in total. The van der Waals surface area contributed by atoms with Crippen molar-refractivity contribution in [1.29, 1.82) is 0 Å². The predicted octanol–water partition coefficient (Wildman–Crippen LogP) is 5.46. The summed E-state index contributed by atoms with van der Waals surface area (Å²) >= 11 is 0. The third-order valence-corrected chi connectivity index (χ3v) is 5.10. The summed E-state index contributed by atoms with van der Waals surface area (Å²) in [5, 5.41) is 6.56. The van der Waals surface area contributed by atoms with Crippen LogP contribution in [-0.2, 0) is 0 Å². The van der Waals surface area contributed by atoms with Gasteiger partial charge < -0.3 is 5.32 Å². The maximum atomic E-state index is 3.89. The topological polar surface area (TPSA) is 12.0 Å². The number of fused-ring (bicyclic) bond motifs is 1. The number of nitrogens with one attached hydrogen (secondary N) is 1. The van der Waals surface area contributed by atoms with Gasteiger partial charge in [-0.2, -0.15) is 0 Å². The molecule has 0 heterocycles. The zero-order valence-corrected chi connectivity index (χ0v) is 13.3. The third kappa shape index (κ3) is 3.47. The van der Waals surface area contributed by atoms with Crippen LogP contribution in [0.5, 0.6) is 0 Å². The number of benzene rings is 2. The molecule has 3 rings (SSSR count). The highest BCUT2D eigenvalue weighted by molar-refractivity contribution is 5.83. The van der Waals surface area contributed by atoms with Crippen LogP contribution in [-0.4, -0.2) is 6.04 Å². The van der Waals surface area contributed by atoms with Crippen LogP contribution >= 0.6 is 0 Å². The van der Waals surface area contributed by atoms with E-state index >= 15 is 0 Å². The fraction of sp³-hybridized carbons (Fsp3) is 0.500. The monoisotopic (exact) mass is 281 g/mol. The lowest BCUT2D eigenvalue weighted by molar-refractivity contribution is 0.330.